The Hall–Kier alpha value is -5.07. The molecular weight excluding hydrogens is 782 g/mol. The Balaban J connectivity index is 1.41. The van der Waals surface area contributed by atoms with Gasteiger partial charge in [0, 0.05) is 38.2 Å². The van der Waals surface area contributed by atoms with E-state index in [9.17, 15) is 33.1 Å². The van der Waals surface area contributed by atoms with Crippen LogP contribution >= 0.6 is 0 Å². The summed E-state index contributed by atoms with van der Waals surface area (Å²) in [5.74, 6) is -2.77. The Labute approximate surface area is 347 Å². The van der Waals surface area contributed by atoms with Gasteiger partial charge in [0.1, 0.15) is 29.9 Å². The molecule has 2 saturated heterocycles. The van der Waals surface area contributed by atoms with Crippen molar-refractivity contribution in [2.24, 2.45) is 11.8 Å². The standard InChI is InChI=1S/C42H57F3N10O5/c1-21(2)35(50-39(57)23(5)46-7)41(59)52-17-27(45)13-28(52)18-54-33-11-9-25(43)14-31(33)48-37(54)38-49-32-15-26(44)10-12-34(32)55(38)19-29-16-30(56)20-53(29)42(60)36(22(3)4)51-40(58)24(6)47-8/h9-12,14-15,21-24,27-30,35-36,46-47,56H,13,16-20H2,1-8H3,(H,50,57)(H,51,58)/t23-,24-,27?,28+,29+,30?,35-,36-/m1/s1. The zero-order valence-electron chi connectivity index (χ0n) is 35.4. The van der Waals surface area contributed by atoms with Crippen molar-refractivity contribution in [3.05, 3.63) is 48.0 Å². The first-order chi connectivity index (χ1) is 28.4. The lowest BCUT2D eigenvalue weighted by molar-refractivity contribution is -0.139. The van der Waals surface area contributed by atoms with Crippen LogP contribution in [0.1, 0.15) is 54.4 Å². The Kier molecular flexibility index (Phi) is 13.5. The van der Waals surface area contributed by atoms with Crippen LogP contribution in [0.3, 0.4) is 0 Å². The van der Waals surface area contributed by atoms with E-state index in [1.807, 2.05) is 13.8 Å². The van der Waals surface area contributed by atoms with Crippen LogP contribution in [0.25, 0.3) is 33.7 Å². The number of alkyl halides is 1. The van der Waals surface area contributed by atoms with Gasteiger partial charge in [0.15, 0.2) is 11.6 Å². The number of amides is 4. The average molecular weight is 839 g/mol. The quantitative estimate of drug-likeness (QED) is 0.121. The molecule has 4 aromatic rings. The molecule has 0 saturated carbocycles. The molecule has 8 atom stereocenters. The van der Waals surface area contributed by atoms with Gasteiger partial charge in [-0.25, -0.2) is 23.1 Å². The molecule has 0 radical (unpaired) electrons. The Morgan fingerprint density at radius 2 is 1.12 bits per heavy atom. The number of carbonyl (C=O) groups is 4. The SMILES string of the molecule is CN[C@H](C)C(=O)N[C@@H](C(=O)N1CC(O)C[C@H]1Cn1c(-c2nc3cc(F)ccc3n2C[C@@H]2CC(F)CN2C(=O)[C@H](NC(=O)[C@@H](C)NC)C(C)C)nc2cc(F)ccc21)C(C)C. The van der Waals surface area contributed by atoms with Crippen LogP contribution in [0.15, 0.2) is 36.4 Å². The lowest BCUT2D eigenvalue weighted by Gasteiger charge is -2.32. The summed E-state index contributed by atoms with van der Waals surface area (Å²) in [6, 6.07) is 3.92. The monoisotopic (exact) mass is 838 g/mol. The number of halogens is 3. The minimum absolute atomic E-state index is 0.0141. The van der Waals surface area contributed by atoms with Crippen LogP contribution in [0.2, 0.25) is 0 Å². The van der Waals surface area contributed by atoms with Crippen molar-refractivity contribution in [2.45, 2.75) is 116 Å². The van der Waals surface area contributed by atoms with Crippen LogP contribution < -0.4 is 21.3 Å². The average Bonchev–Trinajstić information content (AvgIpc) is 3.96. The minimum atomic E-state index is -1.36. The fourth-order valence-corrected chi connectivity index (χ4v) is 8.18. The van der Waals surface area contributed by atoms with Crippen molar-refractivity contribution in [1.82, 2.24) is 50.2 Å². The van der Waals surface area contributed by atoms with Crippen molar-refractivity contribution in [2.75, 3.05) is 27.2 Å². The molecule has 18 heteroatoms. The van der Waals surface area contributed by atoms with E-state index in [0.717, 1.165) is 0 Å². The smallest absolute Gasteiger partial charge is 0.245 e. The number of nitrogens with zero attached hydrogens (tertiary/aromatic N) is 6. The van der Waals surface area contributed by atoms with Gasteiger partial charge in [-0.1, -0.05) is 27.7 Å². The molecule has 15 nitrogen and oxygen atoms in total. The molecule has 5 N–H and O–H groups in total. The second-order valence-electron chi connectivity index (χ2n) is 16.9. The van der Waals surface area contributed by atoms with Gasteiger partial charge >= 0.3 is 0 Å². The molecule has 2 aromatic heterocycles. The van der Waals surface area contributed by atoms with Gasteiger partial charge in [-0.2, -0.15) is 0 Å². The van der Waals surface area contributed by atoms with Crippen LogP contribution in [-0.2, 0) is 32.3 Å². The summed E-state index contributed by atoms with van der Waals surface area (Å²) in [7, 11) is 3.28. The molecule has 0 aliphatic carbocycles. The second-order valence-corrected chi connectivity index (χ2v) is 16.9. The van der Waals surface area contributed by atoms with Gasteiger partial charge in [0.2, 0.25) is 23.6 Å². The normalized spacial score (nSPS) is 21.6. The van der Waals surface area contributed by atoms with E-state index in [1.165, 1.54) is 29.2 Å². The highest BCUT2D eigenvalue weighted by atomic mass is 19.1. The number of aliphatic hydroxyl groups excluding tert-OH is 1. The highest BCUT2D eigenvalue weighted by Crippen LogP contribution is 2.34. The van der Waals surface area contributed by atoms with E-state index in [2.05, 4.69) is 21.3 Å². The second kappa shape index (κ2) is 18.3. The third-order valence-electron chi connectivity index (χ3n) is 11.8. The summed E-state index contributed by atoms with van der Waals surface area (Å²) in [4.78, 5) is 67.0. The number of aliphatic hydroxyl groups is 1. The zero-order chi connectivity index (χ0) is 43.7. The molecule has 0 bridgehead atoms. The lowest BCUT2D eigenvalue weighted by Crippen LogP contribution is -2.56. The molecule has 0 spiro atoms. The van der Waals surface area contributed by atoms with Gasteiger partial charge in [-0.15, -0.1) is 0 Å². The number of hydrogen-bond acceptors (Lipinski definition) is 9. The predicted octanol–water partition coefficient (Wildman–Crippen LogP) is 2.73. The Morgan fingerprint density at radius 3 is 1.53 bits per heavy atom. The van der Waals surface area contributed by atoms with E-state index in [-0.39, 0.29) is 91.3 Å². The maximum atomic E-state index is 15.5. The molecule has 60 heavy (non-hydrogen) atoms. The van der Waals surface area contributed by atoms with Crippen molar-refractivity contribution in [3.8, 4) is 11.6 Å². The number of carbonyl (C=O) groups excluding carboxylic acids is 4. The minimum Gasteiger partial charge on any atom is -0.391 e. The number of rotatable bonds is 15. The Morgan fingerprint density at radius 1 is 0.700 bits per heavy atom. The van der Waals surface area contributed by atoms with Crippen LogP contribution in [0, 0.1) is 23.5 Å². The first-order valence-electron chi connectivity index (χ1n) is 20.6. The maximum Gasteiger partial charge on any atom is 0.245 e. The third-order valence-corrected chi connectivity index (χ3v) is 11.8. The number of likely N-dealkylation sites (N-methyl/N-ethyl adjacent to an activating group) is 2. The molecule has 2 fully saturated rings. The number of benzene rings is 2. The van der Waals surface area contributed by atoms with Crippen molar-refractivity contribution in [3.63, 3.8) is 0 Å². The summed E-state index contributed by atoms with van der Waals surface area (Å²) < 4.78 is 48.6. The highest BCUT2D eigenvalue weighted by Gasteiger charge is 2.42. The van der Waals surface area contributed by atoms with Crippen LogP contribution in [0.5, 0.6) is 0 Å². The number of β-amino-alcohol motifs (C(OH)–C–C–N with tert-alkyl or cyclic N) is 1. The molecule has 326 valence electrons. The Bertz CT molecular complexity index is 2070. The number of hydrogen-bond donors (Lipinski definition) is 5. The van der Waals surface area contributed by atoms with E-state index >= 15 is 4.39 Å². The number of fused-ring (bicyclic) bond motifs is 2. The third kappa shape index (κ3) is 9.15. The number of nitrogens with one attached hydrogen (secondary N) is 4. The van der Waals surface area contributed by atoms with E-state index < -0.39 is 66.1 Å². The number of likely N-dealkylation sites (tertiary alicyclic amines) is 2. The summed E-state index contributed by atoms with van der Waals surface area (Å²) in [6.45, 7) is 10.5. The van der Waals surface area contributed by atoms with Crippen molar-refractivity contribution in [1.29, 1.82) is 0 Å². The predicted molar refractivity (Wildman–Crippen MR) is 220 cm³/mol. The topological polar surface area (TPSA) is 179 Å². The largest absolute Gasteiger partial charge is 0.391 e. The number of imidazole rings is 2. The van der Waals surface area contributed by atoms with Crippen LogP contribution in [0.4, 0.5) is 13.2 Å². The highest BCUT2D eigenvalue weighted by molar-refractivity contribution is 5.91. The van der Waals surface area contributed by atoms with E-state index in [1.54, 1.807) is 68.0 Å². The maximum absolute atomic E-state index is 15.5. The summed E-state index contributed by atoms with van der Waals surface area (Å²) in [5.41, 5.74) is 1.50. The fourth-order valence-electron chi connectivity index (χ4n) is 8.18. The van der Waals surface area contributed by atoms with Crippen molar-refractivity contribution < 1.29 is 37.5 Å². The van der Waals surface area contributed by atoms with Gasteiger partial charge in [-0.05, 0) is 70.5 Å². The molecular formula is C42H57F3N10O5. The van der Waals surface area contributed by atoms with Crippen LogP contribution in [-0.4, -0.2) is 133 Å². The van der Waals surface area contributed by atoms with E-state index in [4.69, 9.17) is 9.97 Å². The molecule has 4 amide bonds. The zero-order valence-corrected chi connectivity index (χ0v) is 35.4. The van der Waals surface area contributed by atoms with Gasteiger partial charge in [0.25, 0.3) is 0 Å². The van der Waals surface area contributed by atoms with E-state index in [0.29, 0.717) is 11.0 Å². The summed E-state index contributed by atoms with van der Waals surface area (Å²) in [6.07, 6.45) is -2.06. The van der Waals surface area contributed by atoms with Crippen molar-refractivity contribution >= 4 is 45.7 Å². The van der Waals surface area contributed by atoms with Gasteiger partial charge in [0.05, 0.1) is 58.9 Å². The number of aromatic nitrogens is 4. The fraction of sp³-hybridized carbons (Fsp3) is 0.571. The van der Waals surface area contributed by atoms with Gasteiger partial charge in [-0.3, -0.25) is 19.2 Å². The van der Waals surface area contributed by atoms with Gasteiger partial charge < -0.3 is 45.3 Å². The molecule has 6 rings (SSSR count). The molecule has 2 aliphatic rings. The molecule has 2 aromatic carbocycles. The first kappa shape index (κ1) is 44.5. The summed E-state index contributed by atoms with van der Waals surface area (Å²) in [5, 5.41) is 22.4. The molecule has 4 heterocycles. The molecule has 2 aliphatic heterocycles. The first-order valence-corrected chi connectivity index (χ1v) is 20.6. The lowest BCUT2D eigenvalue weighted by atomic mass is 10.0. The molecule has 2 unspecified atom stereocenters. The summed E-state index contributed by atoms with van der Waals surface area (Å²) >= 11 is 0.